The van der Waals surface area contributed by atoms with Crippen LogP contribution in [0.3, 0.4) is 0 Å². The summed E-state index contributed by atoms with van der Waals surface area (Å²) in [4.78, 5) is 45.4. The lowest BCUT2D eigenvalue weighted by molar-refractivity contribution is -0.161. The minimum Gasteiger partial charge on any atom is -0.480 e. The van der Waals surface area contributed by atoms with Crippen LogP contribution in [0.15, 0.2) is 0 Å². The molecule has 3 atom stereocenters. The van der Waals surface area contributed by atoms with Crippen molar-refractivity contribution in [3.8, 4) is 0 Å². The van der Waals surface area contributed by atoms with E-state index in [1.54, 1.807) is 0 Å². The average molecular weight is 694 g/mol. The Morgan fingerprint density at radius 2 is 0.936 bits per heavy atom. The van der Waals surface area contributed by atoms with E-state index >= 15 is 0 Å². The summed E-state index contributed by atoms with van der Waals surface area (Å²) >= 11 is 0. The molecule has 11 nitrogen and oxygen atoms in total. The summed E-state index contributed by atoms with van der Waals surface area (Å²) in [6.07, 6.45) is 26.4. The molecule has 0 aliphatic carbocycles. The second kappa shape index (κ2) is 31.7. The Morgan fingerprint density at radius 3 is 1.34 bits per heavy atom. The van der Waals surface area contributed by atoms with Crippen molar-refractivity contribution in [3.63, 3.8) is 0 Å². The smallest absolute Gasteiger partial charge is 0.472 e. The fraction of sp³-hybridized carbons (Fsp3) is 0.914. The molecule has 0 bridgehead atoms. The monoisotopic (exact) mass is 693 g/mol. The van der Waals surface area contributed by atoms with E-state index < -0.39 is 51.1 Å². The minimum atomic E-state index is -4.69. The molecule has 0 spiro atoms. The number of hydrogen-bond acceptors (Lipinski definition) is 9. The molecule has 0 radical (unpaired) electrons. The van der Waals surface area contributed by atoms with Crippen LogP contribution in [0.1, 0.15) is 174 Å². The van der Waals surface area contributed by atoms with Crippen molar-refractivity contribution in [2.75, 3.05) is 19.8 Å². The Labute approximate surface area is 285 Å². The second-order valence-corrected chi connectivity index (χ2v) is 14.2. The summed E-state index contributed by atoms with van der Waals surface area (Å²) in [6.45, 7) is 2.72. The zero-order chi connectivity index (χ0) is 35.0. The third-order valence-corrected chi connectivity index (χ3v) is 9.06. The van der Waals surface area contributed by atoms with Crippen molar-refractivity contribution in [1.29, 1.82) is 0 Å². The normalized spacial score (nSPS) is 14.0. The summed E-state index contributed by atoms with van der Waals surface area (Å²) in [7, 11) is -4.69. The maximum absolute atomic E-state index is 12.5. The number of aliphatic carboxylic acids is 1. The van der Waals surface area contributed by atoms with Gasteiger partial charge in [-0.15, -0.1) is 0 Å². The summed E-state index contributed by atoms with van der Waals surface area (Å²) < 4.78 is 32.4. The van der Waals surface area contributed by atoms with Crippen LogP contribution in [-0.2, 0) is 37.5 Å². The molecule has 0 saturated carbocycles. The fourth-order valence-electron chi connectivity index (χ4n) is 5.12. The molecule has 0 amide bonds. The number of unbranched alkanes of at least 4 members (excludes halogenated alkanes) is 21. The van der Waals surface area contributed by atoms with Gasteiger partial charge in [0.2, 0.25) is 0 Å². The van der Waals surface area contributed by atoms with Crippen molar-refractivity contribution in [2.24, 2.45) is 5.73 Å². The van der Waals surface area contributed by atoms with Gasteiger partial charge in [-0.25, -0.2) is 4.57 Å². The predicted octanol–water partition coefficient (Wildman–Crippen LogP) is 8.78. The van der Waals surface area contributed by atoms with E-state index in [9.17, 15) is 23.8 Å². The first kappa shape index (κ1) is 45.5. The number of ether oxygens (including phenoxy) is 2. The average Bonchev–Trinajstić information content (AvgIpc) is 3.04. The highest BCUT2D eigenvalue weighted by Crippen LogP contribution is 2.43. The molecular formula is C35H68NO10P. The summed E-state index contributed by atoms with van der Waals surface area (Å²) in [6, 6.07) is -1.51. The number of carboxylic acids is 1. The molecule has 0 rings (SSSR count). The van der Waals surface area contributed by atoms with Gasteiger partial charge in [0.1, 0.15) is 12.6 Å². The molecule has 3 unspecified atom stereocenters. The molecule has 278 valence electrons. The molecular weight excluding hydrogens is 625 g/mol. The van der Waals surface area contributed by atoms with Gasteiger partial charge in [-0.1, -0.05) is 149 Å². The second-order valence-electron chi connectivity index (χ2n) is 12.7. The lowest BCUT2D eigenvalue weighted by Crippen LogP contribution is -2.34. The number of esters is 2. The third kappa shape index (κ3) is 31.5. The van der Waals surface area contributed by atoms with Gasteiger partial charge in [-0.3, -0.25) is 23.4 Å². The molecule has 0 heterocycles. The SMILES string of the molecule is CCCCCCCCCCCCCCCCCCCC(=O)OC(COC(=O)CCCCCCCC)COP(=O)(O)OCC(N)C(=O)O. The Morgan fingerprint density at radius 1 is 0.574 bits per heavy atom. The van der Waals surface area contributed by atoms with Crippen LogP contribution in [-0.4, -0.2) is 59.9 Å². The maximum Gasteiger partial charge on any atom is 0.472 e. The van der Waals surface area contributed by atoms with Crippen molar-refractivity contribution in [3.05, 3.63) is 0 Å². The van der Waals surface area contributed by atoms with Crippen molar-refractivity contribution >= 4 is 25.7 Å². The Kier molecular flexibility index (Phi) is 30.7. The topological polar surface area (TPSA) is 172 Å². The summed E-state index contributed by atoms with van der Waals surface area (Å²) in [5, 5.41) is 8.83. The first-order chi connectivity index (χ1) is 22.6. The van der Waals surface area contributed by atoms with Crippen molar-refractivity contribution in [2.45, 2.75) is 187 Å². The van der Waals surface area contributed by atoms with Gasteiger partial charge >= 0.3 is 25.7 Å². The molecule has 0 aromatic carbocycles. The predicted molar refractivity (Wildman–Crippen MR) is 185 cm³/mol. The minimum absolute atomic E-state index is 0.168. The van der Waals surface area contributed by atoms with E-state index in [1.807, 2.05) is 0 Å². The van der Waals surface area contributed by atoms with Crippen LogP contribution in [0.2, 0.25) is 0 Å². The van der Waals surface area contributed by atoms with E-state index in [0.717, 1.165) is 51.4 Å². The number of nitrogens with two attached hydrogens (primary N) is 1. The number of carbonyl (C=O) groups excluding carboxylic acids is 2. The van der Waals surface area contributed by atoms with Gasteiger partial charge in [0.25, 0.3) is 0 Å². The van der Waals surface area contributed by atoms with E-state index in [-0.39, 0.29) is 19.4 Å². The van der Waals surface area contributed by atoms with Crippen LogP contribution < -0.4 is 5.73 Å². The van der Waals surface area contributed by atoms with E-state index in [2.05, 4.69) is 18.4 Å². The molecule has 0 aromatic rings. The molecule has 4 N–H and O–H groups in total. The van der Waals surface area contributed by atoms with Gasteiger partial charge < -0.3 is 25.2 Å². The molecule has 47 heavy (non-hydrogen) atoms. The van der Waals surface area contributed by atoms with Gasteiger partial charge in [-0.2, -0.15) is 0 Å². The summed E-state index contributed by atoms with van der Waals surface area (Å²) in [5.74, 6) is -2.38. The first-order valence-corrected chi connectivity index (χ1v) is 20.1. The molecule has 0 aliphatic rings. The Hall–Kier alpha value is -1.52. The van der Waals surface area contributed by atoms with E-state index in [1.165, 1.54) is 83.5 Å². The number of rotatable bonds is 35. The Balaban J connectivity index is 4.29. The highest BCUT2D eigenvalue weighted by molar-refractivity contribution is 7.47. The lowest BCUT2D eigenvalue weighted by atomic mass is 10.0. The van der Waals surface area contributed by atoms with Gasteiger partial charge in [0, 0.05) is 12.8 Å². The largest absolute Gasteiger partial charge is 0.480 e. The molecule has 12 heteroatoms. The maximum atomic E-state index is 12.5. The molecule has 0 fully saturated rings. The third-order valence-electron chi connectivity index (χ3n) is 8.11. The van der Waals surface area contributed by atoms with Gasteiger partial charge in [0.05, 0.1) is 13.2 Å². The highest BCUT2D eigenvalue weighted by atomic mass is 31.2. The molecule has 0 saturated heterocycles. The first-order valence-electron chi connectivity index (χ1n) is 18.6. The fourth-order valence-corrected chi connectivity index (χ4v) is 5.90. The number of carbonyl (C=O) groups is 3. The van der Waals surface area contributed by atoms with Crippen molar-refractivity contribution < 1.29 is 47.5 Å². The molecule has 0 aromatic heterocycles. The molecule has 0 aliphatic heterocycles. The number of hydrogen-bond donors (Lipinski definition) is 3. The van der Waals surface area contributed by atoms with E-state index in [0.29, 0.717) is 12.8 Å². The number of phosphoric ester groups is 1. The van der Waals surface area contributed by atoms with Gasteiger partial charge in [0.15, 0.2) is 6.10 Å². The van der Waals surface area contributed by atoms with Crippen LogP contribution in [0.4, 0.5) is 0 Å². The number of phosphoric acid groups is 1. The lowest BCUT2D eigenvalue weighted by Gasteiger charge is -2.20. The summed E-state index contributed by atoms with van der Waals surface area (Å²) in [5.41, 5.74) is 5.30. The zero-order valence-electron chi connectivity index (χ0n) is 29.6. The van der Waals surface area contributed by atoms with Crippen LogP contribution in [0, 0.1) is 0 Å². The van der Waals surface area contributed by atoms with Crippen LogP contribution in [0.25, 0.3) is 0 Å². The quantitative estimate of drug-likeness (QED) is 0.0329. The van der Waals surface area contributed by atoms with Crippen LogP contribution in [0.5, 0.6) is 0 Å². The van der Waals surface area contributed by atoms with Gasteiger partial charge in [-0.05, 0) is 12.8 Å². The van der Waals surface area contributed by atoms with Crippen LogP contribution >= 0.6 is 7.82 Å². The zero-order valence-corrected chi connectivity index (χ0v) is 30.5. The highest BCUT2D eigenvalue weighted by Gasteiger charge is 2.28. The Bertz CT molecular complexity index is 828. The standard InChI is InChI=1S/C35H68NO10P/c1-3-5-7-9-11-12-13-14-15-16-17-18-19-20-21-23-25-27-34(38)46-31(28-43-33(37)26-24-22-10-8-6-4-2)29-44-47(41,42)45-30-32(36)35(39)40/h31-32H,3-30,36H2,1-2H3,(H,39,40)(H,41,42). The van der Waals surface area contributed by atoms with E-state index in [4.69, 9.17) is 24.8 Å². The van der Waals surface area contributed by atoms with Crippen molar-refractivity contribution in [1.82, 2.24) is 0 Å². The number of carboxylic acid groups (broad SMARTS) is 1.